The lowest BCUT2D eigenvalue weighted by Crippen LogP contribution is -2.28. The highest BCUT2D eigenvalue weighted by Crippen LogP contribution is 2.40. The maximum absolute atomic E-state index is 5.85. The van der Waals surface area contributed by atoms with Crippen LogP contribution in [0.5, 0.6) is 0 Å². The van der Waals surface area contributed by atoms with Gasteiger partial charge in [-0.05, 0) is 29.3 Å². The third-order valence-corrected chi connectivity index (χ3v) is 5.45. The molecule has 0 spiro atoms. The van der Waals surface area contributed by atoms with Crippen molar-refractivity contribution < 1.29 is 8.98 Å². The molecule has 0 aliphatic heterocycles. The second-order valence-electron chi connectivity index (χ2n) is 6.63. The van der Waals surface area contributed by atoms with E-state index in [9.17, 15) is 0 Å². The molecule has 114 valence electrons. The molecule has 0 unspecified atom stereocenters. The van der Waals surface area contributed by atoms with Crippen LogP contribution < -0.4 is 4.57 Å². The summed E-state index contributed by atoms with van der Waals surface area (Å²) in [7, 11) is 2.12. The molecule has 4 aromatic heterocycles. The first-order valence-corrected chi connectivity index (χ1v) is 8.18. The molecule has 0 atom stereocenters. The molecule has 0 radical (unpaired) electrons. The van der Waals surface area contributed by atoms with Crippen LogP contribution in [0.4, 0.5) is 0 Å². The van der Waals surface area contributed by atoms with Gasteiger partial charge in [-0.25, -0.2) is 4.57 Å². The van der Waals surface area contributed by atoms with Crippen LogP contribution in [0, 0.1) is 6.92 Å². The van der Waals surface area contributed by atoms with E-state index in [1.54, 1.807) is 0 Å². The van der Waals surface area contributed by atoms with Crippen molar-refractivity contribution in [1.82, 2.24) is 4.40 Å². The van der Waals surface area contributed by atoms with Gasteiger partial charge < -0.3 is 8.82 Å². The highest BCUT2D eigenvalue weighted by atomic mass is 16.3. The van der Waals surface area contributed by atoms with Crippen LogP contribution in [0.25, 0.3) is 49.1 Å². The number of aryl methyl sites for hydroxylation is 2. The lowest BCUT2D eigenvalue weighted by atomic mass is 9.96. The van der Waals surface area contributed by atoms with E-state index in [1.807, 2.05) is 12.3 Å². The maximum Gasteiger partial charge on any atom is 0.228 e. The second kappa shape index (κ2) is 3.88. The molecule has 0 saturated carbocycles. The Labute approximate surface area is 137 Å². The summed E-state index contributed by atoms with van der Waals surface area (Å²) in [5.74, 6) is 0. The fourth-order valence-corrected chi connectivity index (χ4v) is 4.39. The molecular formula is C21H15N2O+. The minimum absolute atomic E-state index is 0.943. The Morgan fingerprint density at radius 2 is 1.79 bits per heavy atom. The van der Waals surface area contributed by atoms with Gasteiger partial charge in [0.15, 0.2) is 6.20 Å². The predicted molar refractivity (Wildman–Crippen MR) is 96.8 cm³/mol. The topological polar surface area (TPSA) is 21.4 Å². The highest BCUT2D eigenvalue weighted by molar-refractivity contribution is 6.25. The van der Waals surface area contributed by atoms with Crippen molar-refractivity contribution in [3.05, 3.63) is 60.6 Å². The standard InChI is InChI=1S/C21H15N2O/c1-12-13-5-3-4-6-14(13)15-7-10-23-16-11-24-17-8-9-22(2)21(19(16)17)18(12)20(15)23/h3-11H,1-2H3/q+1. The Morgan fingerprint density at radius 3 is 2.67 bits per heavy atom. The van der Waals surface area contributed by atoms with E-state index in [0.717, 1.165) is 11.1 Å². The van der Waals surface area contributed by atoms with E-state index >= 15 is 0 Å². The molecule has 0 aliphatic rings. The first-order chi connectivity index (χ1) is 11.8. The number of fused-ring (bicyclic) bond motifs is 4. The molecule has 0 fully saturated rings. The molecule has 3 heteroatoms. The van der Waals surface area contributed by atoms with Gasteiger partial charge in [0.05, 0.1) is 16.4 Å². The van der Waals surface area contributed by atoms with Crippen molar-refractivity contribution in [1.29, 1.82) is 0 Å². The molecular weight excluding hydrogens is 296 g/mol. The lowest BCUT2D eigenvalue weighted by molar-refractivity contribution is -0.643. The molecule has 2 aromatic carbocycles. The maximum atomic E-state index is 5.85. The molecule has 6 aromatic rings. The van der Waals surface area contributed by atoms with Gasteiger partial charge in [-0.3, -0.25) is 0 Å². The van der Waals surface area contributed by atoms with Gasteiger partial charge >= 0.3 is 0 Å². The Hall–Kier alpha value is -3.07. The Balaban J connectivity index is 2.14. The third-order valence-electron chi connectivity index (χ3n) is 5.45. The Morgan fingerprint density at radius 1 is 0.958 bits per heavy atom. The summed E-state index contributed by atoms with van der Waals surface area (Å²) < 4.78 is 10.3. The summed E-state index contributed by atoms with van der Waals surface area (Å²) in [5, 5.41) is 6.45. The van der Waals surface area contributed by atoms with Crippen molar-refractivity contribution in [3.63, 3.8) is 0 Å². The smallest absolute Gasteiger partial charge is 0.228 e. The summed E-state index contributed by atoms with van der Waals surface area (Å²) in [6, 6.07) is 13.0. The van der Waals surface area contributed by atoms with Crippen LogP contribution in [-0.4, -0.2) is 4.40 Å². The van der Waals surface area contributed by atoms with Gasteiger partial charge in [0.25, 0.3) is 0 Å². The van der Waals surface area contributed by atoms with E-state index in [1.165, 1.54) is 43.5 Å². The third kappa shape index (κ3) is 1.21. The molecule has 6 rings (SSSR count). The van der Waals surface area contributed by atoms with E-state index in [2.05, 4.69) is 65.7 Å². The van der Waals surface area contributed by atoms with Gasteiger partial charge in [0, 0.05) is 17.6 Å². The zero-order chi connectivity index (χ0) is 16.0. The van der Waals surface area contributed by atoms with Crippen molar-refractivity contribution in [3.8, 4) is 0 Å². The summed E-state index contributed by atoms with van der Waals surface area (Å²) in [5.41, 5.74) is 5.93. The average molecular weight is 311 g/mol. The predicted octanol–water partition coefficient (Wildman–Crippen LogP) is 4.72. The second-order valence-corrected chi connectivity index (χ2v) is 6.63. The van der Waals surface area contributed by atoms with E-state index < -0.39 is 0 Å². The number of rotatable bonds is 0. The minimum atomic E-state index is 0.943. The zero-order valence-electron chi connectivity index (χ0n) is 13.5. The van der Waals surface area contributed by atoms with Gasteiger partial charge in [-0.1, -0.05) is 24.3 Å². The van der Waals surface area contributed by atoms with E-state index in [0.29, 0.717) is 0 Å². The Bertz CT molecular complexity index is 1400. The fourth-order valence-electron chi connectivity index (χ4n) is 4.39. The highest BCUT2D eigenvalue weighted by Gasteiger charge is 2.24. The van der Waals surface area contributed by atoms with E-state index in [4.69, 9.17) is 4.42 Å². The van der Waals surface area contributed by atoms with Crippen LogP contribution in [-0.2, 0) is 7.05 Å². The van der Waals surface area contributed by atoms with Crippen LogP contribution in [0.3, 0.4) is 0 Å². The molecule has 0 bridgehead atoms. The van der Waals surface area contributed by atoms with Crippen molar-refractivity contribution >= 4 is 49.1 Å². The number of aromatic nitrogens is 2. The number of furan rings is 1. The molecule has 3 nitrogen and oxygen atoms in total. The molecule has 0 N–H and O–H groups in total. The van der Waals surface area contributed by atoms with Gasteiger partial charge in [-0.2, -0.15) is 0 Å². The molecule has 24 heavy (non-hydrogen) atoms. The van der Waals surface area contributed by atoms with Crippen molar-refractivity contribution in [2.75, 3.05) is 0 Å². The lowest BCUT2D eigenvalue weighted by Gasteiger charge is -2.11. The number of benzene rings is 2. The zero-order valence-corrected chi connectivity index (χ0v) is 13.5. The molecule has 4 heterocycles. The van der Waals surface area contributed by atoms with Crippen molar-refractivity contribution in [2.45, 2.75) is 6.92 Å². The summed E-state index contributed by atoms with van der Waals surface area (Å²) >= 11 is 0. The first-order valence-electron chi connectivity index (χ1n) is 8.18. The van der Waals surface area contributed by atoms with Crippen LogP contribution in [0.15, 0.2) is 59.5 Å². The minimum Gasteiger partial charge on any atom is -0.462 e. The van der Waals surface area contributed by atoms with Crippen molar-refractivity contribution in [2.24, 2.45) is 7.05 Å². The largest absolute Gasteiger partial charge is 0.462 e. The monoisotopic (exact) mass is 311 g/mol. The van der Waals surface area contributed by atoms with Crippen LogP contribution >= 0.6 is 0 Å². The summed E-state index contributed by atoms with van der Waals surface area (Å²) in [4.78, 5) is 0. The SMILES string of the molecule is Cc1c2ccccc2c2ccn3c4coc5cc[n+](C)c(c1c23)c54. The van der Waals surface area contributed by atoms with Crippen LogP contribution in [0.1, 0.15) is 5.56 Å². The molecule has 0 saturated heterocycles. The summed E-state index contributed by atoms with van der Waals surface area (Å²) in [6.07, 6.45) is 6.13. The number of nitrogens with zero attached hydrogens (tertiary/aromatic N) is 2. The van der Waals surface area contributed by atoms with Gasteiger partial charge in [0.2, 0.25) is 5.52 Å². The summed E-state index contributed by atoms with van der Waals surface area (Å²) in [6.45, 7) is 2.23. The van der Waals surface area contributed by atoms with Gasteiger partial charge in [-0.15, -0.1) is 0 Å². The first kappa shape index (κ1) is 12.4. The molecule has 0 aliphatic carbocycles. The number of pyridine rings is 2. The quantitative estimate of drug-likeness (QED) is 0.226. The Kier molecular flexibility index (Phi) is 2.00. The number of hydrogen-bond donors (Lipinski definition) is 0. The number of hydrogen-bond acceptors (Lipinski definition) is 1. The van der Waals surface area contributed by atoms with Gasteiger partial charge in [0.1, 0.15) is 24.3 Å². The fraction of sp³-hybridized carbons (Fsp3) is 0.0952. The average Bonchev–Trinajstić information content (AvgIpc) is 3.22. The molecule has 0 amide bonds. The normalized spacial score (nSPS) is 12.6. The van der Waals surface area contributed by atoms with E-state index in [-0.39, 0.29) is 0 Å². The van der Waals surface area contributed by atoms with Crippen LogP contribution in [0.2, 0.25) is 0 Å².